The Labute approximate surface area is 143 Å². The van der Waals surface area contributed by atoms with Crippen LogP contribution in [0.2, 0.25) is 0 Å². The van der Waals surface area contributed by atoms with E-state index < -0.39 is 11.9 Å². The molecule has 0 atom stereocenters. The molecule has 0 aliphatic heterocycles. The Bertz CT molecular complexity index is 659. The lowest BCUT2D eigenvalue weighted by Gasteiger charge is -2.09. The van der Waals surface area contributed by atoms with Gasteiger partial charge in [-0.3, -0.25) is 10.1 Å². The van der Waals surface area contributed by atoms with E-state index in [1.54, 1.807) is 30.3 Å². The summed E-state index contributed by atoms with van der Waals surface area (Å²) in [5.41, 5.74) is 0. The van der Waals surface area contributed by atoms with Crippen LogP contribution in [-0.2, 0) is 11.3 Å². The topological polar surface area (TPSA) is 80.6 Å². The number of imide groups is 1. The number of amides is 3. The van der Waals surface area contributed by atoms with Crippen LogP contribution in [0.5, 0.6) is 5.75 Å². The average Bonchev–Trinajstić information content (AvgIpc) is 2.97. The Hall–Kier alpha value is -1.80. The van der Waals surface area contributed by atoms with E-state index in [-0.39, 0.29) is 13.2 Å². The number of hydrogen-bond donors (Lipinski definition) is 2. The van der Waals surface area contributed by atoms with Crippen molar-refractivity contribution in [2.75, 3.05) is 6.61 Å². The minimum atomic E-state index is -0.611. The second-order valence-electron chi connectivity index (χ2n) is 4.17. The first kappa shape index (κ1) is 16.6. The first-order valence-corrected chi connectivity index (χ1v) is 7.81. The molecule has 8 heteroatoms. The quantitative estimate of drug-likeness (QED) is 0.761. The Balaban J connectivity index is 1.74. The Morgan fingerprint density at radius 1 is 1.23 bits per heavy atom. The molecule has 1 aromatic heterocycles. The van der Waals surface area contributed by atoms with E-state index in [0.717, 1.165) is 4.47 Å². The summed E-state index contributed by atoms with van der Waals surface area (Å²) in [5.74, 6) is 0.554. The van der Waals surface area contributed by atoms with Crippen LogP contribution in [0.4, 0.5) is 4.79 Å². The van der Waals surface area contributed by atoms with Gasteiger partial charge in [0, 0.05) is 4.47 Å². The molecule has 0 bridgehead atoms. The van der Waals surface area contributed by atoms with Gasteiger partial charge in [0.25, 0.3) is 5.91 Å². The molecule has 0 aliphatic carbocycles. The number of halogens is 2. The summed E-state index contributed by atoms with van der Waals surface area (Å²) in [6.45, 7) is -0.0698. The maximum atomic E-state index is 11.6. The van der Waals surface area contributed by atoms with Gasteiger partial charge in [-0.05, 0) is 46.3 Å². The lowest BCUT2D eigenvalue weighted by molar-refractivity contribution is -0.122. The van der Waals surface area contributed by atoms with Crippen molar-refractivity contribution in [3.05, 3.63) is 51.3 Å². The van der Waals surface area contributed by atoms with Crippen molar-refractivity contribution < 1.29 is 18.7 Å². The van der Waals surface area contributed by atoms with Gasteiger partial charge in [0.05, 0.1) is 17.3 Å². The molecule has 0 radical (unpaired) electrons. The van der Waals surface area contributed by atoms with Gasteiger partial charge < -0.3 is 14.5 Å². The highest BCUT2D eigenvalue weighted by atomic mass is 79.9. The van der Waals surface area contributed by atoms with E-state index in [1.165, 1.54) is 6.26 Å². The first-order chi connectivity index (χ1) is 10.5. The van der Waals surface area contributed by atoms with E-state index >= 15 is 0 Å². The Morgan fingerprint density at radius 3 is 2.73 bits per heavy atom. The fraction of sp³-hybridized carbons (Fsp3) is 0.143. The van der Waals surface area contributed by atoms with Crippen molar-refractivity contribution in [2.24, 2.45) is 0 Å². The van der Waals surface area contributed by atoms with Crippen molar-refractivity contribution in [3.63, 3.8) is 0 Å². The van der Waals surface area contributed by atoms with Gasteiger partial charge in [0.2, 0.25) is 0 Å². The highest BCUT2D eigenvalue weighted by Gasteiger charge is 2.10. The third kappa shape index (κ3) is 5.19. The molecular weight excluding hydrogens is 420 g/mol. The number of carbonyl (C=O) groups excluding carboxylic acids is 2. The number of rotatable bonds is 5. The van der Waals surface area contributed by atoms with Crippen molar-refractivity contribution in [3.8, 4) is 5.75 Å². The van der Waals surface area contributed by atoms with Crippen LogP contribution in [-0.4, -0.2) is 18.5 Å². The molecule has 3 amide bonds. The summed E-state index contributed by atoms with van der Waals surface area (Å²) in [7, 11) is 0. The number of benzene rings is 1. The molecule has 6 nitrogen and oxygen atoms in total. The second kappa shape index (κ2) is 8.00. The van der Waals surface area contributed by atoms with Gasteiger partial charge in [-0.25, -0.2) is 4.79 Å². The van der Waals surface area contributed by atoms with Crippen LogP contribution < -0.4 is 15.4 Å². The Morgan fingerprint density at radius 2 is 2.05 bits per heavy atom. The van der Waals surface area contributed by atoms with Crippen molar-refractivity contribution >= 4 is 43.8 Å². The van der Waals surface area contributed by atoms with Crippen molar-refractivity contribution in [2.45, 2.75) is 6.54 Å². The van der Waals surface area contributed by atoms with Crippen LogP contribution in [0.3, 0.4) is 0 Å². The van der Waals surface area contributed by atoms with Gasteiger partial charge in [-0.15, -0.1) is 0 Å². The molecule has 2 rings (SSSR count). The van der Waals surface area contributed by atoms with Crippen LogP contribution >= 0.6 is 31.9 Å². The summed E-state index contributed by atoms with van der Waals surface area (Å²) in [6.07, 6.45) is 1.50. The normalized spacial score (nSPS) is 10.1. The molecule has 2 aromatic rings. The van der Waals surface area contributed by atoms with E-state index in [4.69, 9.17) is 9.15 Å². The monoisotopic (exact) mass is 430 g/mol. The molecule has 22 heavy (non-hydrogen) atoms. The molecule has 0 aliphatic rings. The van der Waals surface area contributed by atoms with E-state index in [1.807, 2.05) is 0 Å². The number of furan rings is 1. The van der Waals surface area contributed by atoms with E-state index in [0.29, 0.717) is 16.0 Å². The molecular formula is C14H12Br2N2O4. The lowest BCUT2D eigenvalue weighted by atomic mass is 10.3. The van der Waals surface area contributed by atoms with Crippen molar-refractivity contribution in [1.29, 1.82) is 0 Å². The van der Waals surface area contributed by atoms with Gasteiger partial charge in [-0.1, -0.05) is 15.9 Å². The lowest BCUT2D eigenvalue weighted by Crippen LogP contribution is -2.41. The zero-order chi connectivity index (χ0) is 15.9. The molecule has 2 N–H and O–H groups in total. The molecule has 0 unspecified atom stereocenters. The largest absolute Gasteiger partial charge is 0.483 e. The minimum absolute atomic E-state index is 0.200. The maximum Gasteiger partial charge on any atom is 0.321 e. The molecule has 116 valence electrons. The van der Waals surface area contributed by atoms with Gasteiger partial charge in [-0.2, -0.15) is 0 Å². The standard InChI is InChI=1S/C14H12Br2N2O4/c15-9-3-4-12(11(16)6-9)22-8-13(19)18-14(20)17-7-10-2-1-5-21-10/h1-6H,7-8H2,(H2,17,18,19,20). The van der Waals surface area contributed by atoms with Crippen LogP contribution in [0.15, 0.2) is 50.0 Å². The molecule has 0 saturated carbocycles. The second-order valence-corrected chi connectivity index (χ2v) is 5.94. The summed E-state index contributed by atoms with van der Waals surface area (Å²) in [4.78, 5) is 23.1. The summed E-state index contributed by atoms with van der Waals surface area (Å²) >= 11 is 6.64. The number of hydrogen-bond acceptors (Lipinski definition) is 4. The van der Waals surface area contributed by atoms with Crippen molar-refractivity contribution in [1.82, 2.24) is 10.6 Å². The van der Waals surface area contributed by atoms with E-state index in [2.05, 4.69) is 42.5 Å². The average molecular weight is 432 g/mol. The molecule has 0 fully saturated rings. The number of urea groups is 1. The third-order valence-electron chi connectivity index (χ3n) is 2.51. The Kier molecular flexibility index (Phi) is 6.02. The van der Waals surface area contributed by atoms with Crippen LogP contribution in [0.25, 0.3) is 0 Å². The summed E-state index contributed by atoms with van der Waals surface area (Å²) in [5, 5.41) is 4.66. The molecule has 0 saturated heterocycles. The van der Waals surface area contributed by atoms with Gasteiger partial charge in [0.15, 0.2) is 6.61 Å². The fourth-order valence-corrected chi connectivity index (χ4v) is 2.68. The highest BCUT2D eigenvalue weighted by molar-refractivity contribution is 9.11. The van der Waals surface area contributed by atoms with E-state index in [9.17, 15) is 9.59 Å². The fourth-order valence-electron chi connectivity index (χ4n) is 1.52. The van der Waals surface area contributed by atoms with Gasteiger partial charge in [0.1, 0.15) is 11.5 Å². The van der Waals surface area contributed by atoms with Crippen LogP contribution in [0.1, 0.15) is 5.76 Å². The third-order valence-corrected chi connectivity index (χ3v) is 3.62. The van der Waals surface area contributed by atoms with Crippen LogP contribution in [0, 0.1) is 0 Å². The summed E-state index contributed by atoms with van der Waals surface area (Å²) in [6, 6.07) is 8.11. The first-order valence-electron chi connectivity index (χ1n) is 6.22. The minimum Gasteiger partial charge on any atom is -0.483 e. The smallest absolute Gasteiger partial charge is 0.321 e. The molecule has 0 spiro atoms. The zero-order valence-electron chi connectivity index (χ0n) is 11.3. The maximum absolute atomic E-state index is 11.6. The zero-order valence-corrected chi connectivity index (χ0v) is 14.4. The number of nitrogens with one attached hydrogen (secondary N) is 2. The predicted octanol–water partition coefficient (Wildman–Crippen LogP) is 3.21. The molecule has 1 aromatic carbocycles. The summed E-state index contributed by atoms with van der Waals surface area (Å²) < 4.78 is 12.0. The SMILES string of the molecule is O=C(COc1ccc(Br)cc1Br)NC(=O)NCc1ccco1. The number of ether oxygens (including phenoxy) is 1. The van der Waals surface area contributed by atoms with Gasteiger partial charge >= 0.3 is 6.03 Å². The predicted molar refractivity (Wildman–Crippen MR) is 86.4 cm³/mol. The number of carbonyl (C=O) groups is 2. The highest BCUT2D eigenvalue weighted by Crippen LogP contribution is 2.27. The molecule has 1 heterocycles.